The van der Waals surface area contributed by atoms with Crippen LogP contribution in [0.25, 0.3) is 0 Å². The largest absolute Gasteiger partial charge is 0.480 e. The Morgan fingerprint density at radius 3 is 2.19 bits per heavy atom. The summed E-state index contributed by atoms with van der Waals surface area (Å²) in [5.41, 5.74) is 4.22. The van der Waals surface area contributed by atoms with Crippen molar-refractivity contribution in [1.29, 1.82) is 0 Å². The van der Waals surface area contributed by atoms with E-state index in [0.717, 1.165) is 44.9 Å². The minimum Gasteiger partial charge on any atom is -0.480 e. The van der Waals surface area contributed by atoms with Crippen molar-refractivity contribution in [3.05, 3.63) is 0 Å². The molecule has 0 spiro atoms. The van der Waals surface area contributed by atoms with E-state index in [4.69, 9.17) is 5.73 Å². The van der Waals surface area contributed by atoms with Crippen LogP contribution in [0.3, 0.4) is 0 Å². The summed E-state index contributed by atoms with van der Waals surface area (Å²) in [6.45, 7) is 2.45. The third-order valence-electron chi connectivity index (χ3n) is 5.73. The summed E-state index contributed by atoms with van der Waals surface area (Å²) in [5.74, 6) is -0.445. The fourth-order valence-electron chi connectivity index (χ4n) is 3.90. The number of amides is 1. The van der Waals surface area contributed by atoms with Crippen LogP contribution in [-0.4, -0.2) is 29.1 Å². The van der Waals surface area contributed by atoms with Gasteiger partial charge in [-0.1, -0.05) is 26.2 Å². The molecule has 0 atom stereocenters. The summed E-state index contributed by atoms with van der Waals surface area (Å²) >= 11 is 0. The van der Waals surface area contributed by atoms with Crippen LogP contribution < -0.4 is 11.1 Å². The highest BCUT2D eigenvalue weighted by Gasteiger charge is 2.48. The van der Waals surface area contributed by atoms with Crippen LogP contribution in [-0.2, 0) is 9.59 Å². The molecule has 2 saturated carbocycles. The van der Waals surface area contributed by atoms with E-state index in [9.17, 15) is 14.7 Å². The summed E-state index contributed by atoms with van der Waals surface area (Å²) in [6, 6.07) is 0. The zero-order valence-electron chi connectivity index (χ0n) is 13.0. The van der Waals surface area contributed by atoms with E-state index in [1.165, 1.54) is 0 Å². The zero-order chi connectivity index (χ0) is 15.5. The lowest BCUT2D eigenvalue weighted by Gasteiger charge is -2.39. The Morgan fingerprint density at radius 2 is 1.76 bits per heavy atom. The predicted molar refractivity (Wildman–Crippen MR) is 80.7 cm³/mol. The average molecular weight is 296 g/mol. The Bertz CT molecular complexity index is 394. The third kappa shape index (κ3) is 3.07. The fourth-order valence-corrected chi connectivity index (χ4v) is 3.90. The quantitative estimate of drug-likeness (QED) is 0.724. The molecule has 0 aromatic rings. The lowest BCUT2D eigenvalue weighted by atomic mass is 9.74. The molecule has 2 aliphatic carbocycles. The van der Waals surface area contributed by atoms with E-state index in [-0.39, 0.29) is 5.91 Å². The van der Waals surface area contributed by atoms with Crippen LogP contribution in [0, 0.1) is 11.3 Å². The molecular formula is C16H28N2O3. The molecule has 4 N–H and O–H groups in total. The smallest absolute Gasteiger partial charge is 0.329 e. The summed E-state index contributed by atoms with van der Waals surface area (Å²) in [4.78, 5) is 24.4. The molecule has 0 aromatic heterocycles. The molecule has 0 aliphatic heterocycles. The molecule has 2 rings (SSSR count). The van der Waals surface area contributed by atoms with Crippen LogP contribution >= 0.6 is 0 Å². The molecule has 2 aliphatic rings. The van der Waals surface area contributed by atoms with Gasteiger partial charge in [0.05, 0.1) is 5.41 Å². The molecule has 0 saturated heterocycles. The SMILES string of the molecule is CCC1CCC(NC(=O)C2(CN)CCCC2)(C(=O)O)CC1. The lowest BCUT2D eigenvalue weighted by molar-refractivity contribution is -0.151. The van der Waals surface area contributed by atoms with Crippen LogP contribution in [0.1, 0.15) is 64.7 Å². The van der Waals surface area contributed by atoms with E-state index in [1.807, 2.05) is 0 Å². The number of hydrogen-bond donors (Lipinski definition) is 3. The molecule has 5 nitrogen and oxygen atoms in total. The Labute approximate surface area is 126 Å². The second-order valence-electron chi connectivity index (χ2n) is 6.88. The van der Waals surface area contributed by atoms with Gasteiger partial charge in [-0.3, -0.25) is 4.79 Å². The maximum absolute atomic E-state index is 12.7. The Kier molecular flexibility index (Phi) is 4.91. The van der Waals surface area contributed by atoms with E-state index >= 15 is 0 Å². The summed E-state index contributed by atoms with van der Waals surface area (Å²) < 4.78 is 0. The summed E-state index contributed by atoms with van der Waals surface area (Å²) in [6.07, 6.45) is 7.46. The first kappa shape index (κ1) is 16.3. The van der Waals surface area contributed by atoms with Crippen molar-refractivity contribution in [2.24, 2.45) is 17.1 Å². The topological polar surface area (TPSA) is 92.4 Å². The monoisotopic (exact) mass is 296 g/mol. The minimum absolute atomic E-state index is 0.139. The van der Waals surface area contributed by atoms with Gasteiger partial charge in [-0.15, -0.1) is 0 Å². The molecule has 0 radical (unpaired) electrons. The molecule has 0 unspecified atom stereocenters. The first-order chi connectivity index (χ1) is 9.98. The second kappa shape index (κ2) is 6.34. The van der Waals surface area contributed by atoms with Gasteiger partial charge in [0.1, 0.15) is 5.54 Å². The van der Waals surface area contributed by atoms with Crippen LogP contribution in [0.4, 0.5) is 0 Å². The molecule has 21 heavy (non-hydrogen) atoms. The Morgan fingerprint density at radius 1 is 1.19 bits per heavy atom. The number of carbonyl (C=O) groups excluding carboxylic acids is 1. The standard InChI is InChI=1S/C16H28N2O3/c1-2-12-5-9-16(10-6-12,14(20)21)18-13(19)15(11-17)7-3-4-8-15/h12H,2-11,17H2,1H3,(H,18,19)(H,20,21). The highest BCUT2D eigenvalue weighted by atomic mass is 16.4. The molecule has 0 aromatic carbocycles. The van der Waals surface area contributed by atoms with E-state index < -0.39 is 16.9 Å². The number of hydrogen-bond acceptors (Lipinski definition) is 3. The fraction of sp³-hybridized carbons (Fsp3) is 0.875. The van der Waals surface area contributed by atoms with Gasteiger partial charge >= 0.3 is 5.97 Å². The van der Waals surface area contributed by atoms with Crippen molar-refractivity contribution in [2.45, 2.75) is 70.3 Å². The van der Waals surface area contributed by atoms with Crippen molar-refractivity contribution in [2.75, 3.05) is 6.54 Å². The molecule has 120 valence electrons. The lowest BCUT2D eigenvalue weighted by Crippen LogP contribution is -2.60. The van der Waals surface area contributed by atoms with Gasteiger partial charge in [-0.05, 0) is 44.4 Å². The zero-order valence-corrected chi connectivity index (χ0v) is 13.0. The molecule has 2 fully saturated rings. The van der Waals surface area contributed by atoms with Crippen LogP contribution in [0.5, 0.6) is 0 Å². The highest BCUT2D eigenvalue weighted by Crippen LogP contribution is 2.40. The number of nitrogens with two attached hydrogens (primary N) is 1. The van der Waals surface area contributed by atoms with Gasteiger partial charge in [-0.2, -0.15) is 0 Å². The van der Waals surface area contributed by atoms with Crippen LogP contribution in [0.15, 0.2) is 0 Å². The van der Waals surface area contributed by atoms with E-state index in [2.05, 4.69) is 12.2 Å². The Hall–Kier alpha value is -1.10. The highest BCUT2D eigenvalue weighted by molar-refractivity contribution is 5.90. The third-order valence-corrected chi connectivity index (χ3v) is 5.73. The maximum Gasteiger partial charge on any atom is 0.329 e. The normalized spacial score (nSPS) is 31.8. The molecule has 0 heterocycles. The van der Waals surface area contributed by atoms with Gasteiger partial charge in [0.15, 0.2) is 0 Å². The second-order valence-corrected chi connectivity index (χ2v) is 6.88. The van der Waals surface area contributed by atoms with Crippen molar-refractivity contribution in [3.8, 4) is 0 Å². The number of carbonyl (C=O) groups is 2. The predicted octanol–water partition coefficient (Wildman–Crippen LogP) is 2.05. The molecular weight excluding hydrogens is 268 g/mol. The number of nitrogens with one attached hydrogen (secondary N) is 1. The molecule has 5 heteroatoms. The number of aliphatic carboxylic acids is 1. The van der Waals surface area contributed by atoms with E-state index in [0.29, 0.717) is 25.3 Å². The molecule has 0 bridgehead atoms. The average Bonchev–Trinajstić information content (AvgIpc) is 2.98. The van der Waals surface area contributed by atoms with Gasteiger partial charge in [0.2, 0.25) is 5.91 Å². The Balaban J connectivity index is 2.10. The van der Waals surface area contributed by atoms with Gasteiger partial charge < -0.3 is 16.2 Å². The minimum atomic E-state index is -1.08. The molecule has 1 amide bonds. The van der Waals surface area contributed by atoms with Crippen molar-refractivity contribution >= 4 is 11.9 Å². The van der Waals surface area contributed by atoms with Crippen LogP contribution in [0.2, 0.25) is 0 Å². The van der Waals surface area contributed by atoms with Crippen molar-refractivity contribution in [3.63, 3.8) is 0 Å². The first-order valence-electron chi connectivity index (χ1n) is 8.24. The first-order valence-corrected chi connectivity index (χ1v) is 8.24. The number of carboxylic acid groups (broad SMARTS) is 1. The van der Waals surface area contributed by atoms with Crippen molar-refractivity contribution < 1.29 is 14.7 Å². The number of rotatable bonds is 5. The van der Waals surface area contributed by atoms with Crippen molar-refractivity contribution in [1.82, 2.24) is 5.32 Å². The number of carboxylic acids is 1. The van der Waals surface area contributed by atoms with Gasteiger partial charge in [0, 0.05) is 6.54 Å². The maximum atomic E-state index is 12.7. The summed E-state index contributed by atoms with van der Waals surface area (Å²) in [5, 5.41) is 12.5. The van der Waals surface area contributed by atoms with Gasteiger partial charge in [0.25, 0.3) is 0 Å². The van der Waals surface area contributed by atoms with Gasteiger partial charge in [-0.25, -0.2) is 4.79 Å². The summed E-state index contributed by atoms with van der Waals surface area (Å²) in [7, 11) is 0. The van der Waals surface area contributed by atoms with E-state index in [1.54, 1.807) is 0 Å².